The maximum absolute atomic E-state index is 4.78. The van der Waals surface area contributed by atoms with E-state index < -0.39 is 0 Å². The van der Waals surface area contributed by atoms with Gasteiger partial charge in [-0.1, -0.05) is 65.9 Å². The normalized spacial score (nSPS) is 12.1. The average molecular weight is 456 g/mol. The van der Waals surface area contributed by atoms with Crippen LogP contribution in [-0.2, 0) is 0 Å². The molecule has 8 rings (SSSR count). The zero-order valence-corrected chi connectivity index (χ0v) is 18.8. The number of aromatic nitrogens is 5. The van der Waals surface area contributed by atoms with Crippen molar-refractivity contribution in [2.24, 2.45) is 0 Å². The molecule has 0 saturated heterocycles. The number of hydrogen-bond donors (Lipinski definition) is 0. The van der Waals surface area contributed by atoms with Crippen LogP contribution in [0, 0.1) is 0 Å². The van der Waals surface area contributed by atoms with Crippen LogP contribution in [0.3, 0.4) is 0 Å². The van der Waals surface area contributed by atoms with Gasteiger partial charge in [0.05, 0.1) is 33.8 Å². The maximum Gasteiger partial charge on any atom is 0.148 e. The van der Waals surface area contributed by atoms with Gasteiger partial charge in [0.1, 0.15) is 15.5 Å². The highest BCUT2D eigenvalue weighted by Crippen LogP contribution is 2.40. The molecule has 0 saturated carbocycles. The first kappa shape index (κ1) is 18.1. The monoisotopic (exact) mass is 455 g/mol. The number of hydrogen-bond acceptors (Lipinski definition) is 3. The number of rotatable bonds is 2. The van der Waals surface area contributed by atoms with Crippen molar-refractivity contribution in [3.8, 4) is 10.7 Å². The van der Waals surface area contributed by atoms with Gasteiger partial charge in [-0.15, -0.1) is 0 Å². The third kappa shape index (κ3) is 2.27. The van der Waals surface area contributed by atoms with Crippen molar-refractivity contribution in [1.82, 2.24) is 23.7 Å². The Bertz CT molecular complexity index is 1970. The van der Waals surface area contributed by atoms with Gasteiger partial charge in [-0.2, -0.15) is 5.10 Å². The number of pyridine rings is 1. The van der Waals surface area contributed by atoms with Crippen molar-refractivity contribution in [2.45, 2.75) is 0 Å². The lowest BCUT2D eigenvalue weighted by Gasteiger charge is -2.05. The van der Waals surface area contributed by atoms with Crippen LogP contribution in [0.25, 0.3) is 59.3 Å². The number of para-hydroxylation sites is 3. The van der Waals surface area contributed by atoms with Crippen LogP contribution in [-0.4, -0.2) is 23.7 Å². The van der Waals surface area contributed by atoms with Gasteiger partial charge in [-0.3, -0.25) is 4.40 Å². The second kappa shape index (κ2) is 6.56. The highest BCUT2D eigenvalue weighted by atomic mass is 32.1. The molecule has 160 valence electrons. The Morgan fingerprint density at radius 3 is 2.18 bits per heavy atom. The molecule has 34 heavy (non-hydrogen) atoms. The molecule has 0 radical (unpaired) electrons. The van der Waals surface area contributed by atoms with Gasteiger partial charge in [0.25, 0.3) is 0 Å². The summed E-state index contributed by atoms with van der Waals surface area (Å²) in [7, 11) is 0. The fourth-order valence-corrected chi connectivity index (χ4v) is 6.36. The molecule has 0 bridgehead atoms. The van der Waals surface area contributed by atoms with E-state index in [1.165, 1.54) is 32.2 Å². The van der Waals surface area contributed by atoms with E-state index in [-0.39, 0.29) is 0 Å². The predicted molar refractivity (Wildman–Crippen MR) is 140 cm³/mol. The molecule has 0 aliphatic heterocycles. The van der Waals surface area contributed by atoms with E-state index >= 15 is 0 Å². The van der Waals surface area contributed by atoms with Gasteiger partial charge in [0.2, 0.25) is 0 Å². The van der Waals surface area contributed by atoms with Gasteiger partial charge in [0, 0.05) is 28.6 Å². The van der Waals surface area contributed by atoms with E-state index in [1.807, 2.05) is 41.5 Å². The average Bonchev–Trinajstić information content (AvgIpc) is 3.66. The lowest BCUT2D eigenvalue weighted by molar-refractivity contribution is 0.913. The van der Waals surface area contributed by atoms with Crippen LogP contribution in [0.1, 0.15) is 0 Å². The molecule has 6 heteroatoms. The van der Waals surface area contributed by atoms with Crippen LogP contribution in [0.5, 0.6) is 0 Å². The predicted octanol–water partition coefficient (Wildman–Crippen LogP) is 6.99. The molecular weight excluding hydrogens is 438 g/mol. The summed E-state index contributed by atoms with van der Waals surface area (Å²) in [5.41, 5.74) is 5.48. The Morgan fingerprint density at radius 1 is 0.706 bits per heavy atom. The van der Waals surface area contributed by atoms with Crippen molar-refractivity contribution in [2.75, 3.05) is 0 Å². The van der Waals surface area contributed by atoms with Crippen LogP contribution < -0.4 is 0 Å². The van der Waals surface area contributed by atoms with Crippen molar-refractivity contribution in [3.05, 3.63) is 104 Å². The molecule has 0 aliphatic rings. The molecule has 0 unspecified atom stereocenters. The number of benzene rings is 3. The largest absolute Gasteiger partial charge is 0.301 e. The maximum atomic E-state index is 4.78. The SMILES string of the molecule is c1ccc(-n2ncc3c2c2cc(-n4c5ccccc5c5ccccc54)sc2n2ccnc32)cc1. The fraction of sp³-hybridized carbons (Fsp3) is 0. The summed E-state index contributed by atoms with van der Waals surface area (Å²) in [6.07, 6.45) is 5.85. The van der Waals surface area contributed by atoms with E-state index in [1.54, 1.807) is 11.3 Å². The minimum absolute atomic E-state index is 0.931. The van der Waals surface area contributed by atoms with E-state index in [0.717, 1.165) is 27.1 Å². The van der Waals surface area contributed by atoms with E-state index in [9.17, 15) is 0 Å². The number of fused-ring (bicyclic) bond motifs is 9. The first-order chi connectivity index (χ1) is 16.9. The summed E-state index contributed by atoms with van der Waals surface area (Å²) in [6.45, 7) is 0. The molecule has 0 amide bonds. The summed E-state index contributed by atoms with van der Waals surface area (Å²) in [6, 6.07) is 29.9. The Kier molecular flexibility index (Phi) is 3.48. The lowest BCUT2D eigenvalue weighted by Crippen LogP contribution is -1.96. The van der Waals surface area contributed by atoms with E-state index in [2.05, 4.69) is 80.7 Å². The van der Waals surface area contributed by atoms with Crippen molar-refractivity contribution in [1.29, 1.82) is 0 Å². The van der Waals surface area contributed by atoms with Crippen molar-refractivity contribution < 1.29 is 0 Å². The molecule has 5 aromatic heterocycles. The van der Waals surface area contributed by atoms with Gasteiger partial charge in [0.15, 0.2) is 0 Å². The highest BCUT2D eigenvalue weighted by Gasteiger charge is 2.20. The summed E-state index contributed by atoms with van der Waals surface area (Å²) in [4.78, 5) is 5.85. The number of imidazole rings is 1. The first-order valence-electron chi connectivity index (χ1n) is 11.2. The van der Waals surface area contributed by atoms with E-state index in [4.69, 9.17) is 5.10 Å². The molecule has 0 aliphatic carbocycles. The summed E-state index contributed by atoms with van der Waals surface area (Å²) in [5.74, 6) is 0. The molecule has 0 fully saturated rings. The smallest absolute Gasteiger partial charge is 0.148 e. The van der Waals surface area contributed by atoms with Crippen LogP contribution in [0.15, 0.2) is 104 Å². The third-order valence-electron chi connectivity index (χ3n) is 6.63. The van der Waals surface area contributed by atoms with E-state index in [0.29, 0.717) is 0 Å². The summed E-state index contributed by atoms with van der Waals surface area (Å²) >= 11 is 1.79. The van der Waals surface area contributed by atoms with Crippen LogP contribution in [0.4, 0.5) is 0 Å². The van der Waals surface area contributed by atoms with Gasteiger partial charge >= 0.3 is 0 Å². The first-order valence-corrected chi connectivity index (χ1v) is 12.0. The second-order valence-electron chi connectivity index (χ2n) is 8.45. The zero-order chi connectivity index (χ0) is 22.2. The molecule has 5 nitrogen and oxygen atoms in total. The van der Waals surface area contributed by atoms with Crippen molar-refractivity contribution in [3.63, 3.8) is 0 Å². The zero-order valence-electron chi connectivity index (χ0n) is 18.0. The second-order valence-corrected chi connectivity index (χ2v) is 9.46. The minimum atomic E-state index is 0.931. The fourth-order valence-electron chi connectivity index (χ4n) is 5.19. The third-order valence-corrected chi connectivity index (χ3v) is 7.75. The molecule has 0 N–H and O–H groups in total. The minimum Gasteiger partial charge on any atom is -0.301 e. The Balaban J connectivity index is 1.54. The highest BCUT2D eigenvalue weighted by molar-refractivity contribution is 7.21. The van der Waals surface area contributed by atoms with Crippen LogP contribution >= 0.6 is 11.3 Å². The molecule has 3 aromatic carbocycles. The Morgan fingerprint density at radius 2 is 1.41 bits per heavy atom. The van der Waals surface area contributed by atoms with Gasteiger partial charge in [-0.05, 0) is 30.3 Å². The topological polar surface area (TPSA) is 40.0 Å². The number of nitrogens with zero attached hydrogens (tertiary/aromatic N) is 5. The molecular formula is C28H17N5S. The summed E-state index contributed by atoms with van der Waals surface area (Å²) in [5, 5.41) is 10.7. The van der Waals surface area contributed by atoms with Gasteiger partial charge < -0.3 is 4.57 Å². The summed E-state index contributed by atoms with van der Waals surface area (Å²) < 4.78 is 6.61. The molecule has 0 spiro atoms. The molecule has 0 atom stereocenters. The Hall–Kier alpha value is -4.42. The number of thiophene rings is 1. The Labute approximate surface area is 197 Å². The molecule has 5 heterocycles. The van der Waals surface area contributed by atoms with Crippen molar-refractivity contribution >= 4 is 59.9 Å². The van der Waals surface area contributed by atoms with Crippen LogP contribution in [0.2, 0.25) is 0 Å². The van der Waals surface area contributed by atoms with Gasteiger partial charge in [-0.25, -0.2) is 9.67 Å². The standard InChI is InChI=1S/C28H17N5S/c1-2-8-18(9-3-1)33-26-21-16-25(34-28(21)31-15-14-29-27(31)22(26)17-30-33)32-23-12-6-4-10-19(23)20-11-5-7-13-24(20)32/h1-17H. The molecule has 8 aromatic rings. The lowest BCUT2D eigenvalue weighted by atomic mass is 10.2. The quantitative estimate of drug-likeness (QED) is 0.282.